The molecule has 0 radical (unpaired) electrons. The first-order chi connectivity index (χ1) is 13.6. The number of amides is 1. The van der Waals surface area contributed by atoms with E-state index in [-0.39, 0.29) is 19.0 Å². The van der Waals surface area contributed by atoms with Crippen molar-refractivity contribution in [1.29, 1.82) is 0 Å². The Morgan fingerprint density at radius 2 is 2.03 bits per heavy atom. The summed E-state index contributed by atoms with van der Waals surface area (Å²) in [6.07, 6.45) is 1.75. The molecular weight excluding hydrogens is 413 g/mol. The number of rotatable bonds is 8. The van der Waals surface area contributed by atoms with Gasteiger partial charge in [-0.1, -0.05) is 17.7 Å². The maximum absolute atomic E-state index is 14.1. The van der Waals surface area contributed by atoms with E-state index in [1.807, 2.05) is 43.5 Å². The molecule has 0 aliphatic carbocycles. The van der Waals surface area contributed by atoms with Gasteiger partial charge in [-0.05, 0) is 56.7 Å². The molecule has 2 N–H and O–H groups in total. The third-order valence-electron chi connectivity index (χ3n) is 4.16. The van der Waals surface area contributed by atoms with Crippen molar-refractivity contribution < 1.29 is 9.18 Å². The lowest BCUT2D eigenvalue weighted by molar-refractivity contribution is 0.0814. The molecule has 2 aromatic rings. The summed E-state index contributed by atoms with van der Waals surface area (Å²) in [4.78, 5) is 15.2. The van der Waals surface area contributed by atoms with Crippen LogP contribution in [0, 0.1) is 6.92 Å². The summed E-state index contributed by atoms with van der Waals surface area (Å²) in [6, 6.07) is 5.83. The third-order valence-corrected chi connectivity index (χ3v) is 5.50. The Hall–Kier alpha value is -1.87. The van der Waals surface area contributed by atoms with Gasteiger partial charge in [-0.2, -0.15) is 5.10 Å². The Bertz CT molecular complexity index is 911. The van der Waals surface area contributed by atoms with Crippen LogP contribution >= 0.6 is 23.5 Å². The number of carbonyl (C=O) groups excluding carboxylic acids is 1. The highest BCUT2D eigenvalue weighted by atomic mass is 35.5. The van der Waals surface area contributed by atoms with Crippen molar-refractivity contribution in [2.45, 2.75) is 24.8 Å². The van der Waals surface area contributed by atoms with Gasteiger partial charge in [-0.15, -0.1) is 0 Å². The van der Waals surface area contributed by atoms with E-state index in [9.17, 15) is 9.18 Å². The van der Waals surface area contributed by atoms with Crippen molar-refractivity contribution in [3.05, 3.63) is 57.6 Å². The topological polar surface area (TPSA) is 67.4 Å². The number of nitrogens with two attached hydrogens (primary N) is 1. The molecular formula is C20H27ClFN5OS. The quantitative estimate of drug-likeness (QED) is 0.637. The van der Waals surface area contributed by atoms with E-state index < -0.39 is 5.83 Å². The molecule has 0 atom stereocenters. The van der Waals surface area contributed by atoms with Gasteiger partial charge >= 0.3 is 0 Å². The van der Waals surface area contributed by atoms with Gasteiger partial charge in [0.05, 0.1) is 17.3 Å². The number of allylic oxidation sites excluding steroid dienone is 1. The van der Waals surface area contributed by atoms with E-state index in [1.54, 1.807) is 14.1 Å². The SMILES string of the molecule is Cc1nn(C/C(F)=C/CN)c(C(=O)N(C)C)c1Cc1ccc(SN(C)C)c(Cl)c1. The van der Waals surface area contributed by atoms with Crippen molar-refractivity contribution >= 4 is 29.5 Å². The first-order valence-electron chi connectivity index (χ1n) is 9.10. The van der Waals surface area contributed by atoms with Crippen LogP contribution < -0.4 is 5.73 Å². The first kappa shape index (κ1) is 23.4. The van der Waals surface area contributed by atoms with Crippen molar-refractivity contribution in [1.82, 2.24) is 19.0 Å². The number of carbonyl (C=O) groups is 1. The van der Waals surface area contributed by atoms with Gasteiger partial charge in [0, 0.05) is 37.5 Å². The van der Waals surface area contributed by atoms with E-state index in [0.29, 0.717) is 22.8 Å². The zero-order valence-electron chi connectivity index (χ0n) is 17.4. The van der Waals surface area contributed by atoms with Crippen molar-refractivity contribution in [2.75, 3.05) is 34.7 Å². The zero-order chi connectivity index (χ0) is 21.7. The predicted molar refractivity (Wildman–Crippen MR) is 117 cm³/mol. The number of nitrogens with zero attached hydrogens (tertiary/aromatic N) is 4. The van der Waals surface area contributed by atoms with Crippen LogP contribution in [0.15, 0.2) is 35.0 Å². The lowest BCUT2D eigenvalue weighted by Gasteiger charge is -2.15. The number of hydrogen-bond acceptors (Lipinski definition) is 5. The fourth-order valence-corrected chi connectivity index (χ4v) is 3.84. The second kappa shape index (κ2) is 10.2. The summed E-state index contributed by atoms with van der Waals surface area (Å²) in [7, 11) is 7.22. The Balaban J connectivity index is 2.44. The molecule has 0 spiro atoms. The van der Waals surface area contributed by atoms with Crippen LogP contribution in [-0.4, -0.2) is 59.6 Å². The molecule has 0 fully saturated rings. The van der Waals surface area contributed by atoms with Crippen molar-refractivity contribution in [3.63, 3.8) is 0 Å². The van der Waals surface area contributed by atoms with Crippen LogP contribution in [0.5, 0.6) is 0 Å². The summed E-state index contributed by atoms with van der Waals surface area (Å²) in [5, 5.41) is 5.06. The number of aromatic nitrogens is 2. The molecule has 0 unspecified atom stereocenters. The monoisotopic (exact) mass is 439 g/mol. The highest BCUT2D eigenvalue weighted by Gasteiger charge is 2.24. The molecule has 6 nitrogen and oxygen atoms in total. The smallest absolute Gasteiger partial charge is 0.271 e. The average Bonchev–Trinajstić information content (AvgIpc) is 2.91. The van der Waals surface area contributed by atoms with Gasteiger partial charge in [0.2, 0.25) is 0 Å². The van der Waals surface area contributed by atoms with Crippen molar-refractivity contribution in [2.24, 2.45) is 5.73 Å². The van der Waals surface area contributed by atoms with E-state index in [2.05, 4.69) is 5.10 Å². The maximum Gasteiger partial charge on any atom is 0.271 e. The average molecular weight is 440 g/mol. The molecule has 2 rings (SSSR count). The van der Waals surface area contributed by atoms with Gasteiger partial charge < -0.3 is 10.6 Å². The Kier molecular flexibility index (Phi) is 8.27. The van der Waals surface area contributed by atoms with Crippen LogP contribution in [0.2, 0.25) is 5.02 Å². The fraction of sp³-hybridized carbons (Fsp3) is 0.400. The van der Waals surface area contributed by atoms with Crippen LogP contribution in [0.1, 0.15) is 27.3 Å². The molecule has 1 amide bonds. The van der Waals surface area contributed by atoms with Gasteiger partial charge in [-0.25, -0.2) is 4.39 Å². The Morgan fingerprint density at radius 3 is 2.59 bits per heavy atom. The van der Waals surface area contributed by atoms with E-state index in [0.717, 1.165) is 16.0 Å². The number of hydrogen-bond donors (Lipinski definition) is 1. The molecule has 1 aromatic carbocycles. The number of aryl methyl sites for hydroxylation is 1. The molecule has 158 valence electrons. The van der Waals surface area contributed by atoms with E-state index in [4.69, 9.17) is 17.3 Å². The highest BCUT2D eigenvalue weighted by Crippen LogP contribution is 2.30. The summed E-state index contributed by atoms with van der Waals surface area (Å²) in [6.45, 7) is 1.78. The van der Waals surface area contributed by atoms with E-state index >= 15 is 0 Å². The fourth-order valence-electron chi connectivity index (χ4n) is 2.86. The Morgan fingerprint density at radius 1 is 1.34 bits per heavy atom. The second-order valence-corrected chi connectivity index (χ2v) is 8.76. The van der Waals surface area contributed by atoms with Gasteiger partial charge in [0.25, 0.3) is 5.91 Å². The van der Waals surface area contributed by atoms with Crippen LogP contribution in [-0.2, 0) is 13.0 Å². The molecule has 29 heavy (non-hydrogen) atoms. The van der Waals surface area contributed by atoms with Crippen LogP contribution in [0.3, 0.4) is 0 Å². The summed E-state index contributed by atoms with van der Waals surface area (Å²) in [5.41, 5.74) is 8.14. The molecule has 1 heterocycles. The lowest BCUT2D eigenvalue weighted by atomic mass is 10.0. The maximum atomic E-state index is 14.1. The molecule has 9 heteroatoms. The minimum atomic E-state index is -0.428. The summed E-state index contributed by atoms with van der Waals surface area (Å²) >= 11 is 7.97. The lowest BCUT2D eigenvalue weighted by Crippen LogP contribution is -2.26. The third kappa shape index (κ3) is 6.05. The molecule has 0 aliphatic rings. The number of halogens is 2. The minimum Gasteiger partial charge on any atom is -0.343 e. The highest BCUT2D eigenvalue weighted by molar-refractivity contribution is 7.97. The summed E-state index contributed by atoms with van der Waals surface area (Å²) < 4.78 is 17.4. The molecule has 0 saturated heterocycles. The van der Waals surface area contributed by atoms with Crippen molar-refractivity contribution in [3.8, 4) is 0 Å². The first-order valence-corrected chi connectivity index (χ1v) is 10.2. The van der Waals surface area contributed by atoms with Gasteiger partial charge in [0.1, 0.15) is 11.5 Å². The largest absolute Gasteiger partial charge is 0.343 e. The van der Waals surface area contributed by atoms with Gasteiger partial charge in [-0.3, -0.25) is 13.8 Å². The predicted octanol–water partition coefficient (Wildman–Crippen LogP) is 3.52. The summed E-state index contributed by atoms with van der Waals surface area (Å²) in [5.74, 6) is -0.658. The van der Waals surface area contributed by atoms with Crippen LogP contribution in [0.25, 0.3) is 0 Å². The van der Waals surface area contributed by atoms with Gasteiger partial charge in [0.15, 0.2) is 0 Å². The molecule has 0 saturated carbocycles. The normalized spacial score (nSPS) is 12.0. The molecule has 0 aliphatic heterocycles. The Labute approximate surface area is 180 Å². The van der Waals surface area contributed by atoms with Crippen LogP contribution in [0.4, 0.5) is 4.39 Å². The number of benzene rings is 1. The zero-order valence-corrected chi connectivity index (χ0v) is 18.9. The molecule has 1 aromatic heterocycles. The second-order valence-electron chi connectivity index (χ2n) is 7.00. The molecule has 0 bridgehead atoms. The minimum absolute atomic E-state index is 0.0890. The van der Waals surface area contributed by atoms with E-state index in [1.165, 1.54) is 27.6 Å². The standard InChI is InChI=1S/C20H27ClFN5OS/c1-13-16(10-14-6-7-18(17(21)11-14)29-26(4)5)19(20(28)25(2)3)27(24-13)12-15(22)8-9-23/h6-8,11H,9-10,12,23H2,1-5H3/b15-8-.